The van der Waals surface area contributed by atoms with Gasteiger partial charge >= 0.3 is 5.97 Å². The summed E-state index contributed by atoms with van der Waals surface area (Å²) in [5.74, 6) is -0.716. The van der Waals surface area contributed by atoms with E-state index in [2.05, 4.69) is 0 Å². The summed E-state index contributed by atoms with van der Waals surface area (Å²) in [5.41, 5.74) is -0.499. The molecular formula is C16H29NO4. The van der Waals surface area contributed by atoms with E-state index in [9.17, 15) is 14.7 Å². The fourth-order valence-electron chi connectivity index (χ4n) is 2.44. The summed E-state index contributed by atoms with van der Waals surface area (Å²) in [6.45, 7) is 9.76. The lowest BCUT2D eigenvalue weighted by Crippen LogP contribution is -2.54. The van der Waals surface area contributed by atoms with E-state index in [-0.39, 0.29) is 18.0 Å². The number of carbonyl (C=O) groups is 2. The minimum absolute atomic E-state index is 0.201. The van der Waals surface area contributed by atoms with Crippen molar-refractivity contribution in [1.82, 2.24) is 4.90 Å². The van der Waals surface area contributed by atoms with E-state index in [0.29, 0.717) is 19.4 Å². The van der Waals surface area contributed by atoms with Gasteiger partial charge in [-0.1, -0.05) is 20.8 Å². The number of hydrogen-bond acceptors (Lipinski definition) is 4. The van der Waals surface area contributed by atoms with Gasteiger partial charge in [-0.2, -0.15) is 0 Å². The van der Waals surface area contributed by atoms with Gasteiger partial charge in [-0.15, -0.1) is 0 Å². The van der Waals surface area contributed by atoms with E-state index < -0.39 is 17.6 Å². The van der Waals surface area contributed by atoms with E-state index in [0.717, 1.165) is 12.8 Å². The molecule has 1 heterocycles. The first kappa shape index (κ1) is 18.0. The average Bonchev–Trinajstić information content (AvgIpc) is 2.44. The Morgan fingerprint density at radius 2 is 1.95 bits per heavy atom. The molecule has 1 saturated heterocycles. The molecule has 5 heteroatoms. The molecule has 0 radical (unpaired) electrons. The topological polar surface area (TPSA) is 66.8 Å². The second kappa shape index (κ2) is 7.25. The summed E-state index contributed by atoms with van der Waals surface area (Å²) in [7, 11) is 0. The Morgan fingerprint density at radius 3 is 2.48 bits per heavy atom. The number of ether oxygens (including phenoxy) is 1. The van der Waals surface area contributed by atoms with Crippen molar-refractivity contribution in [2.24, 2.45) is 5.41 Å². The molecule has 1 aliphatic heterocycles. The quantitative estimate of drug-likeness (QED) is 0.790. The first-order valence-electron chi connectivity index (χ1n) is 7.89. The number of rotatable bonds is 5. The molecule has 1 aliphatic rings. The standard InChI is InChI=1S/C16H29NO4/c1-6-16(4,5)13(18)14(19)17-10-8-7-9-12(17)15(20)21-11(2)3/h11-13,18H,6-10H2,1-5H3. The number of likely N-dealkylation sites (tertiary alicyclic amines) is 1. The van der Waals surface area contributed by atoms with Crippen molar-refractivity contribution in [2.75, 3.05) is 6.54 Å². The van der Waals surface area contributed by atoms with Crippen molar-refractivity contribution in [1.29, 1.82) is 0 Å². The molecule has 0 saturated carbocycles. The summed E-state index contributed by atoms with van der Waals surface area (Å²) in [5, 5.41) is 10.3. The number of esters is 1. The van der Waals surface area contributed by atoms with Crippen LogP contribution in [0.2, 0.25) is 0 Å². The number of aliphatic hydroxyl groups excluding tert-OH is 1. The molecule has 122 valence electrons. The first-order valence-corrected chi connectivity index (χ1v) is 7.89. The van der Waals surface area contributed by atoms with Gasteiger partial charge in [0, 0.05) is 6.54 Å². The second-order valence-electron chi connectivity index (χ2n) is 6.77. The van der Waals surface area contributed by atoms with Crippen LogP contribution in [0.1, 0.15) is 60.3 Å². The lowest BCUT2D eigenvalue weighted by atomic mass is 9.82. The third kappa shape index (κ3) is 4.43. The van der Waals surface area contributed by atoms with Crippen LogP contribution in [0.25, 0.3) is 0 Å². The van der Waals surface area contributed by atoms with Gasteiger partial charge in [0.2, 0.25) is 0 Å². The molecule has 0 aromatic carbocycles. The number of nitrogens with zero attached hydrogens (tertiary/aromatic N) is 1. The van der Waals surface area contributed by atoms with Crippen LogP contribution in [0.4, 0.5) is 0 Å². The third-order valence-corrected chi connectivity index (χ3v) is 4.30. The maximum absolute atomic E-state index is 12.6. The molecular weight excluding hydrogens is 270 g/mol. The molecule has 1 amide bonds. The maximum Gasteiger partial charge on any atom is 0.329 e. The Hall–Kier alpha value is -1.10. The Morgan fingerprint density at radius 1 is 1.33 bits per heavy atom. The predicted molar refractivity (Wildman–Crippen MR) is 80.7 cm³/mol. The highest BCUT2D eigenvalue weighted by Crippen LogP contribution is 2.28. The maximum atomic E-state index is 12.6. The SMILES string of the molecule is CCC(C)(C)C(O)C(=O)N1CCCCC1C(=O)OC(C)C. The van der Waals surface area contributed by atoms with Crippen LogP contribution in [0.15, 0.2) is 0 Å². The molecule has 0 bridgehead atoms. The van der Waals surface area contributed by atoms with Crippen LogP contribution in [-0.4, -0.2) is 46.7 Å². The van der Waals surface area contributed by atoms with E-state index in [1.54, 1.807) is 13.8 Å². The van der Waals surface area contributed by atoms with Crippen molar-refractivity contribution in [3.63, 3.8) is 0 Å². The van der Waals surface area contributed by atoms with Gasteiger partial charge < -0.3 is 14.7 Å². The zero-order chi connectivity index (χ0) is 16.2. The molecule has 0 aromatic heterocycles. The molecule has 0 aromatic rings. The van der Waals surface area contributed by atoms with Gasteiger partial charge in [0.05, 0.1) is 6.10 Å². The van der Waals surface area contributed by atoms with Crippen LogP contribution in [0.3, 0.4) is 0 Å². The minimum Gasteiger partial charge on any atom is -0.461 e. The molecule has 21 heavy (non-hydrogen) atoms. The van der Waals surface area contributed by atoms with Crippen LogP contribution >= 0.6 is 0 Å². The van der Waals surface area contributed by atoms with Gasteiger partial charge in [0.25, 0.3) is 5.91 Å². The zero-order valence-corrected chi connectivity index (χ0v) is 13.9. The van der Waals surface area contributed by atoms with Crippen LogP contribution < -0.4 is 0 Å². The summed E-state index contributed by atoms with van der Waals surface area (Å²) < 4.78 is 5.25. The normalized spacial score (nSPS) is 21.3. The molecule has 1 fully saturated rings. The number of aliphatic hydroxyl groups is 1. The van der Waals surface area contributed by atoms with Crippen molar-refractivity contribution >= 4 is 11.9 Å². The Labute approximate surface area is 127 Å². The van der Waals surface area contributed by atoms with Crippen molar-refractivity contribution in [2.45, 2.75) is 78.6 Å². The molecule has 1 N–H and O–H groups in total. The molecule has 0 aliphatic carbocycles. The minimum atomic E-state index is -1.09. The van der Waals surface area contributed by atoms with E-state index >= 15 is 0 Å². The average molecular weight is 299 g/mol. The Kier molecular flexibility index (Phi) is 6.20. The van der Waals surface area contributed by atoms with Crippen molar-refractivity contribution in [3.05, 3.63) is 0 Å². The first-order chi connectivity index (χ1) is 9.70. The number of amides is 1. The summed E-state index contributed by atoms with van der Waals surface area (Å²) >= 11 is 0. The van der Waals surface area contributed by atoms with Crippen LogP contribution in [0.5, 0.6) is 0 Å². The summed E-state index contributed by atoms with van der Waals surface area (Å²) in [6.07, 6.45) is 1.76. The van der Waals surface area contributed by atoms with Crippen molar-refractivity contribution in [3.8, 4) is 0 Å². The highest BCUT2D eigenvalue weighted by molar-refractivity contribution is 5.87. The lowest BCUT2D eigenvalue weighted by molar-refractivity contribution is -0.165. The fraction of sp³-hybridized carbons (Fsp3) is 0.875. The number of piperidine rings is 1. The number of hydrogen-bond donors (Lipinski definition) is 1. The Balaban J connectivity index is 2.86. The van der Waals surface area contributed by atoms with Gasteiger partial charge in [-0.3, -0.25) is 4.79 Å². The molecule has 1 rings (SSSR count). The molecule has 5 nitrogen and oxygen atoms in total. The van der Waals surface area contributed by atoms with E-state index in [4.69, 9.17) is 4.74 Å². The monoisotopic (exact) mass is 299 g/mol. The van der Waals surface area contributed by atoms with Gasteiger partial charge in [0.15, 0.2) is 0 Å². The largest absolute Gasteiger partial charge is 0.461 e. The summed E-state index contributed by atoms with van der Waals surface area (Å²) in [6, 6.07) is -0.559. The van der Waals surface area contributed by atoms with Gasteiger partial charge in [0.1, 0.15) is 12.1 Å². The zero-order valence-electron chi connectivity index (χ0n) is 13.9. The fourth-order valence-corrected chi connectivity index (χ4v) is 2.44. The smallest absolute Gasteiger partial charge is 0.329 e. The van der Waals surface area contributed by atoms with Gasteiger partial charge in [-0.25, -0.2) is 4.79 Å². The highest BCUT2D eigenvalue weighted by Gasteiger charge is 2.40. The van der Waals surface area contributed by atoms with Crippen LogP contribution in [0, 0.1) is 5.41 Å². The van der Waals surface area contributed by atoms with E-state index in [1.807, 2.05) is 20.8 Å². The lowest BCUT2D eigenvalue weighted by Gasteiger charge is -2.38. The number of carbonyl (C=O) groups excluding carboxylic acids is 2. The highest BCUT2D eigenvalue weighted by atomic mass is 16.5. The van der Waals surface area contributed by atoms with Crippen molar-refractivity contribution < 1.29 is 19.4 Å². The third-order valence-electron chi connectivity index (χ3n) is 4.30. The Bertz CT molecular complexity index is 378. The molecule has 2 atom stereocenters. The van der Waals surface area contributed by atoms with Gasteiger partial charge in [-0.05, 0) is 44.9 Å². The van der Waals surface area contributed by atoms with E-state index in [1.165, 1.54) is 4.90 Å². The molecule has 2 unspecified atom stereocenters. The second-order valence-corrected chi connectivity index (χ2v) is 6.77. The predicted octanol–water partition coefficient (Wildman–Crippen LogP) is 2.12. The van der Waals surface area contributed by atoms with Crippen LogP contribution in [-0.2, 0) is 14.3 Å². The summed E-state index contributed by atoms with van der Waals surface area (Å²) in [4.78, 5) is 26.3. The molecule has 0 spiro atoms.